The molecule has 1 heterocycles. The highest BCUT2D eigenvalue weighted by Gasteiger charge is 2.30. The normalized spacial score (nSPS) is 22.1. The summed E-state index contributed by atoms with van der Waals surface area (Å²) in [6.45, 7) is 0. The molecule has 0 saturated heterocycles. The summed E-state index contributed by atoms with van der Waals surface area (Å²) in [7, 11) is 0. The number of carbonyl (C=O) groups excluding carboxylic acids is 1. The lowest BCUT2D eigenvalue weighted by atomic mass is 10.1. The molecule has 2 N–H and O–H groups in total. The first-order valence-corrected chi connectivity index (χ1v) is 6.57. The van der Waals surface area contributed by atoms with Crippen LogP contribution in [0.2, 0.25) is 0 Å². The molecular formula is C14H18N2O3. The van der Waals surface area contributed by atoms with E-state index in [4.69, 9.17) is 5.11 Å². The van der Waals surface area contributed by atoms with E-state index in [1.165, 1.54) is 0 Å². The molecule has 0 radical (unpaired) electrons. The molecule has 19 heavy (non-hydrogen) atoms. The average molecular weight is 262 g/mol. The van der Waals surface area contributed by atoms with Gasteiger partial charge in [-0.1, -0.05) is 6.07 Å². The highest BCUT2D eigenvalue weighted by molar-refractivity contribution is 5.77. The first-order valence-electron chi connectivity index (χ1n) is 6.57. The fraction of sp³-hybridized carbons (Fsp3) is 0.500. The molecular weight excluding hydrogens is 244 g/mol. The van der Waals surface area contributed by atoms with Gasteiger partial charge in [-0.3, -0.25) is 14.6 Å². The van der Waals surface area contributed by atoms with E-state index in [1.54, 1.807) is 6.20 Å². The van der Waals surface area contributed by atoms with Crippen LogP contribution in [0.25, 0.3) is 0 Å². The van der Waals surface area contributed by atoms with Crippen LogP contribution >= 0.6 is 0 Å². The van der Waals surface area contributed by atoms with Crippen LogP contribution in [0.5, 0.6) is 0 Å². The van der Waals surface area contributed by atoms with Crippen molar-refractivity contribution in [3.05, 3.63) is 30.1 Å². The fourth-order valence-corrected chi connectivity index (χ4v) is 2.42. The third-order valence-corrected chi connectivity index (χ3v) is 3.48. The number of rotatable bonds is 5. The van der Waals surface area contributed by atoms with Crippen molar-refractivity contribution in [2.45, 2.75) is 38.1 Å². The van der Waals surface area contributed by atoms with Crippen molar-refractivity contribution in [2.75, 3.05) is 0 Å². The van der Waals surface area contributed by atoms with E-state index >= 15 is 0 Å². The zero-order chi connectivity index (χ0) is 13.7. The van der Waals surface area contributed by atoms with Gasteiger partial charge in [-0.2, -0.15) is 0 Å². The molecule has 1 saturated carbocycles. The maximum atomic E-state index is 11.8. The Morgan fingerprint density at radius 1 is 1.37 bits per heavy atom. The Kier molecular flexibility index (Phi) is 4.49. The molecule has 0 bridgehead atoms. The molecule has 0 aliphatic heterocycles. The van der Waals surface area contributed by atoms with Crippen molar-refractivity contribution < 1.29 is 14.7 Å². The van der Waals surface area contributed by atoms with Crippen LogP contribution in [-0.4, -0.2) is 28.0 Å². The fourth-order valence-electron chi connectivity index (χ4n) is 2.42. The van der Waals surface area contributed by atoms with Crippen molar-refractivity contribution in [3.8, 4) is 0 Å². The van der Waals surface area contributed by atoms with E-state index in [2.05, 4.69) is 10.3 Å². The molecule has 5 nitrogen and oxygen atoms in total. The van der Waals surface area contributed by atoms with Gasteiger partial charge in [0.25, 0.3) is 0 Å². The summed E-state index contributed by atoms with van der Waals surface area (Å²) in [5.41, 5.74) is 0.896. The highest BCUT2D eigenvalue weighted by Crippen LogP contribution is 2.25. The third kappa shape index (κ3) is 4.05. The lowest BCUT2D eigenvalue weighted by Crippen LogP contribution is -2.33. The number of aromatic nitrogens is 1. The molecule has 0 spiro atoms. The summed E-state index contributed by atoms with van der Waals surface area (Å²) in [6, 6.07) is 5.64. The number of nitrogens with one attached hydrogen (secondary N) is 1. The summed E-state index contributed by atoms with van der Waals surface area (Å²) < 4.78 is 0. The van der Waals surface area contributed by atoms with E-state index < -0.39 is 5.97 Å². The van der Waals surface area contributed by atoms with Crippen LogP contribution in [-0.2, 0) is 16.0 Å². The van der Waals surface area contributed by atoms with Crippen LogP contribution in [0.15, 0.2) is 24.4 Å². The second kappa shape index (κ2) is 6.31. The molecule has 1 aliphatic rings. The number of amides is 1. The number of nitrogens with zero attached hydrogens (tertiary/aromatic N) is 1. The summed E-state index contributed by atoms with van der Waals surface area (Å²) in [6.07, 6.45) is 4.67. The minimum absolute atomic E-state index is 0.0114. The summed E-state index contributed by atoms with van der Waals surface area (Å²) >= 11 is 0. The summed E-state index contributed by atoms with van der Waals surface area (Å²) in [5.74, 6) is -1.09. The minimum atomic E-state index is -0.759. The van der Waals surface area contributed by atoms with Crippen LogP contribution in [0.3, 0.4) is 0 Å². The lowest BCUT2D eigenvalue weighted by Gasteiger charge is -2.12. The van der Waals surface area contributed by atoms with Crippen molar-refractivity contribution in [3.63, 3.8) is 0 Å². The van der Waals surface area contributed by atoms with Crippen molar-refractivity contribution in [2.24, 2.45) is 5.92 Å². The summed E-state index contributed by atoms with van der Waals surface area (Å²) in [4.78, 5) is 26.7. The number of carboxylic acids is 1. The summed E-state index contributed by atoms with van der Waals surface area (Å²) in [5, 5.41) is 11.8. The third-order valence-electron chi connectivity index (χ3n) is 3.48. The molecule has 1 aromatic rings. The smallest absolute Gasteiger partial charge is 0.306 e. The molecule has 1 fully saturated rings. The van der Waals surface area contributed by atoms with Gasteiger partial charge < -0.3 is 10.4 Å². The number of pyridine rings is 1. The SMILES string of the molecule is O=C(CCc1ccccn1)NC1CCC(C(=O)O)C1. The van der Waals surface area contributed by atoms with Crippen molar-refractivity contribution >= 4 is 11.9 Å². The number of carbonyl (C=O) groups is 2. The molecule has 2 rings (SSSR count). The quantitative estimate of drug-likeness (QED) is 0.840. The Morgan fingerprint density at radius 3 is 2.84 bits per heavy atom. The van der Waals surface area contributed by atoms with Gasteiger partial charge in [-0.15, -0.1) is 0 Å². The van der Waals surface area contributed by atoms with Gasteiger partial charge >= 0.3 is 5.97 Å². The van der Waals surface area contributed by atoms with Gasteiger partial charge in [0, 0.05) is 24.4 Å². The average Bonchev–Trinajstić information content (AvgIpc) is 2.86. The van der Waals surface area contributed by atoms with Crippen LogP contribution in [0, 0.1) is 5.92 Å². The van der Waals surface area contributed by atoms with Gasteiger partial charge in [-0.25, -0.2) is 0 Å². The maximum Gasteiger partial charge on any atom is 0.306 e. The number of hydrogen-bond donors (Lipinski definition) is 2. The Balaban J connectivity index is 1.72. The van der Waals surface area contributed by atoms with Crippen LogP contribution in [0.4, 0.5) is 0 Å². The Hall–Kier alpha value is -1.91. The molecule has 1 amide bonds. The lowest BCUT2D eigenvalue weighted by molar-refractivity contribution is -0.141. The molecule has 102 valence electrons. The highest BCUT2D eigenvalue weighted by atomic mass is 16.4. The Bertz CT molecular complexity index is 447. The second-order valence-electron chi connectivity index (χ2n) is 4.93. The zero-order valence-corrected chi connectivity index (χ0v) is 10.7. The van der Waals surface area contributed by atoms with Gasteiger partial charge in [0.1, 0.15) is 0 Å². The van der Waals surface area contributed by atoms with Crippen molar-refractivity contribution in [1.29, 1.82) is 0 Å². The van der Waals surface area contributed by atoms with E-state index in [1.807, 2.05) is 18.2 Å². The Morgan fingerprint density at radius 2 is 2.21 bits per heavy atom. The molecule has 2 unspecified atom stereocenters. The minimum Gasteiger partial charge on any atom is -0.481 e. The molecule has 2 atom stereocenters. The first kappa shape index (κ1) is 13.5. The van der Waals surface area contributed by atoms with E-state index in [0.717, 1.165) is 12.1 Å². The maximum absolute atomic E-state index is 11.8. The number of carboxylic acid groups (broad SMARTS) is 1. The second-order valence-corrected chi connectivity index (χ2v) is 4.93. The van der Waals surface area contributed by atoms with E-state index in [0.29, 0.717) is 25.7 Å². The topological polar surface area (TPSA) is 79.3 Å². The van der Waals surface area contributed by atoms with E-state index in [-0.39, 0.29) is 17.9 Å². The standard InChI is InChI=1S/C14H18N2O3/c17-13(7-6-11-3-1-2-8-15-11)16-12-5-4-10(9-12)14(18)19/h1-3,8,10,12H,4-7,9H2,(H,16,17)(H,18,19). The van der Waals surface area contributed by atoms with Gasteiger partial charge in [0.05, 0.1) is 5.92 Å². The van der Waals surface area contributed by atoms with E-state index in [9.17, 15) is 9.59 Å². The van der Waals surface area contributed by atoms with Crippen LogP contribution < -0.4 is 5.32 Å². The van der Waals surface area contributed by atoms with Crippen molar-refractivity contribution in [1.82, 2.24) is 10.3 Å². The molecule has 0 aromatic carbocycles. The largest absolute Gasteiger partial charge is 0.481 e. The number of aliphatic carboxylic acids is 1. The molecule has 5 heteroatoms. The Labute approximate surface area is 112 Å². The van der Waals surface area contributed by atoms with Gasteiger partial charge in [0.2, 0.25) is 5.91 Å². The molecule has 1 aromatic heterocycles. The zero-order valence-electron chi connectivity index (χ0n) is 10.7. The first-order chi connectivity index (χ1) is 9.15. The number of aryl methyl sites for hydroxylation is 1. The monoisotopic (exact) mass is 262 g/mol. The predicted molar refractivity (Wildman–Crippen MR) is 69.5 cm³/mol. The predicted octanol–water partition coefficient (Wildman–Crippen LogP) is 1.38. The molecule has 1 aliphatic carbocycles. The van der Waals surface area contributed by atoms with Gasteiger partial charge in [0.15, 0.2) is 0 Å². The number of hydrogen-bond acceptors (Lipinski definition) is 3. The van der Waals surface area contributed by atoms with Gasteiger partial charge in [-0.05, 0) is 37.8 Å². The van der Waals surface area contributed by atoms with Crippen LogP contribution in [0.1, 0.15) is 31.4 Å².